The van der Waals surface area contributed by atoms with Crippen LogP contribution in [-0.4, -0.2) is 13.1 Å². The molecule has 58 valence electrons. The van der Waals surface area contributed by atoms with Gasteiger partial charge in [-0.3, -0.25) is 4.79 Å². The Kier molecular flexibility index (Phi) is 3.27. The van der Waals surface area contributed by atoms with Gasteiger partial charge < -0.3 is 4.74 Å². The average Bonchev–Trinajstić information content (AvgIpc) is 1.84. The lowest BCUT2D eigenvalue weighted by molar-refractivity contribution is -0.128. The third kappa shape index (κ3) is 2.38. The quantitative estimate of drug-likeness (QED) is 0.431. The number of rotatable bonds is 5. The summed E-state index contributed by atoms with van der Waals surface area (Å²) in [6.45, 7) is 1.14. The van der Waals surface area contributed by atoms with Crippen LogP contribution >= 0.6 is 0 Å². The molecule has 2 heteroatoms. The lowest BCUT2D eigenvalue weighted by Gasteiger charge is -2.24. The average molecular weight is 142 g/mol. The molecule has 0 spiro atoms. The van der Waals surface area contributed by atoms with E-state index in [-0.39, 0.29) is 0 Å². The van der Waals surface area contributed by atoms with E-state index in [4.69, 9.17) is 0 Å². The molecule has 0 unspecified atom stereocenters. The van der Waals surface area contributed by atoms with Gasteiger partial charge in [0.25, 0.3) is 6.47 Å². The van der Waals surface area contributed by atoms with Crippen molar-refractivity contribution in [2.75, 3.05) is 6.61 Å². The summed E-state index contributed by atoms with van der Waals surface area (Å²) in [5.41, 5.74) is 0. The number of ether oxygens (including phenoxy) is 1. The fraction of sp³-hybridized carbons (Fsp3) is 0.875. The third-order valence-electron chi connectivity index (χ3n) is 2.17. The molecule has 0 radical (unpaired) electrons. The minimum Gasteiger partial charge on any atom is -0.468 e. The molecular formula is C8H14O2. The summed E-state index contributed by atoms with van der Waals surface area (Å²) in [5.74, 6) is 0.940. The van der Waals surface area contributed by atoms with Gasteiger partial charge in [-0.05, 0) is 18.8 Å². The van der Waals surface area contributed by atoms with Gasteiger partial charge in [0.2, 0.25) is 0 Å². The molecule has 0 bridgehead atoms. The van der Waals surface area contributed by atoms with E-state index in [9.17, 15) is 4.79 Å². The molecule has 0 aromatic heterocycles. The van der Waals surface area contributed by atoms with Crippen LogP contribution in [0.3, 0.4) is 0 Å². The van der Waals surface area contributed by atoms with E-state index in [0.717, 1.165) is 12.3 Å². The lowest BCUT2D eigenvalue weighted by Crippen LogP contribution is -2.11. The van der Waals surface area contributed by atoms with Gasteiger partial charge in [0.15, 0.2) is 0 Å². The lowest BCUT2D eigenvalue weighted by atomic mass is 9.82. The standard InChI is InChI=1S/C8H14O2/c9-7-10-6-2-5-8-3-1-4-8/h7-8H,1-6H2. The van der Waals surface area contributed by atoms with Crippen LogP contribution in [0.15, 0.2) is 0 Å². The fourth-order valence-electron chi connectivity index (χ4n) is 1.28. The van der Waals surface area contributed by atoms with Gasteiger partial charge in [0, 0.05) is 0 Å². The summed E-state index contributed by atoms with van der Waals surface area (Å²) < 4.78 is 4.57. The first-order chi connectivity index (χ1) is 4.93. The van der Waals surface area contributed by atoms with E-state index in [0.29, 0.717) is 13.1 Å². The molecule has 1 saturated carbocycles. The van der Waals surface area contributed by atoms with Crippen molar-refractivity contribution in [1.29, 1.82) is 0 Å². The summed E-state index contributed by atoms with van der Waals surface area (Å²) in [4.78, 5) is 9.71. The van der Waals surface area contributed by atoms with Crippen molar-refractivity contribution in [3.05, 3.63) is 0 Å². The summed E-state index contributed by atoms with van der Waals surface area (Å²) in [6, 6.07) is 0. The minimum absolute atomic E-state index is 0.529. The van der Waals surface area contributed by atoms with E-state index >= 15 is 0 Å². The topological polar surface area (TPSA) is 26.3 Å². The Labute approximate surface area is 61.6 Å². The number of carbonyl (C=O) groups excluding carboxylic acids is 1. The Morgan fingerprint density at radius 1 is 1.50 bits per heavy atom. The molecule has 0 saturated heterocycles. The van der Waals surface area contributed by atoms with Crippen LogP contribution in [0.5, 0.6) is 0 Å². The number of carbonyl (C=O) groups is 1. The maximum atomic E-state index is 9.71. The van der Waals surface area contributed by atoms with Gasteiger partial charge in [-0.2, -0.15) is 0 Å². The van der Waals surface area contributed by atoms with Crippen LogP contribution in [-0.2, 0) is 9.53 Å². The minimum atomic E-state index is 0.529. The van der Waals surface area contributed by atoms with Crippen molar-refractivity contribution in [3.8, 4) is 0 Å². The van der Waals surface area contributed by atoms with Crippen LogP contribution in [0.1, 0.15) is 32.1 Å². The van der Waals surface area contributed by atoms with Crippen molar-refractivity contribution in [2.45, 2.75) is 32.1 Å². The van der Waals surface area contributed by atoms with Crippen LogP contribution in [0.2, 0.25) is 0 Å². The van der Waals surface area contributed by atoms with Crippen molar-refractivity contribution >= 4 is 6.47 Å². The van der Waals surface area contributed by atoms with Crippen molar-refractivity contribution in [1.82, 2.24) is 0 Å². The zero-order valence-electron chi connectivity index (χ0n) is 6.21. The third-order valence-corrected chi connectivity index (χ3v) is 2.17. The summed E-state index contributed by atoms with van der Waals surface area (Å²) in [7, 11) is 0. The van der Waals surface area contributed by atoms with Gasteiger partial charge in [-0.1, -0.05) is 19.3 Å². The summed E-state index contributed by atoms with van der Waals surface area (Å²) in [5, 5.41) is 0. The molecule has 1 fully saturated rings. The molecule has 0 N–H and O–H groups in total. The first-order valence-corrected chi connectivity index (χ1v) is 3.98. The molecule has 1 rings (SSSR count). The van der Waals surface area contributed by atoms with E-state index in [1.807, 2.05) is 0 Å². The monoisotopic (exact) mass is 142 g/mol. The first-order valence-electron chi connectivity index (χ1n) is 3.98. The zero-order chi connectivity index (χ0) is 7.23. The van der Waals surface area contributed by atoms with Crippen LogP contribution in [0, 0.1) is 5.92 Å². The molecule has 0 heterocycles. The summed E-state index contributed by atoms with van der Waals surface area (Å²) >= 11 is 0. The highest BCUT2D eigenvalue weighted by molar-refractivity contribution is 5.36. The second-order valence-corrected chi connectivity index (χ2v) is 2.91. The second-order valence-electron chi connectivity index (χ2n) is 2.91. The van der Waals surface area contributed by atoms with E-state index in [1.54, 1.807) is 0 Å². The molecule has 0 amide bonds. The van der Waals surface area contributed by atoms with Crippen molar-refractivity contribution in [3.63, 3.8) is 0 Å². The van der Waals surface area contributed by atoms with E-state index in [2.05, 4.69) is 4.74 Å². The highest BCUT2D eigenvalue weighted by Crippen LogP contribution is 2.30. The summed E-state index contributed by atoms with van der Waals surface area (Å²) in [6.07, 6.45) is 6.47. The SMILES string of the molecule is O=COCCCC1CCC1. The van der Waals surface area contributed by atoms with Crippen molar-refractivity contribution < 1.29 is 9.53 Å². The molecule has 0 aliphatic heterocycles. The van der Waals surface area contributed by atoms with Gasteiger partial charge in [0.05, 0.1) is 6.61 Å². The molecule has 10 heavy (non-hydrogen) atoms. The first kappa shape index (κ1) is 7.58. The molecule has 1 aliphatic rings. The largest absolute Gasteiger partial charge is 0.468 e. The van der Waals surface area contributed by atoms with Gasteiger partial charge in [-0.15, -0.1) is 0 Å². The molecule has 1 aliphatic carbocycles. The van der Waals surface area contributed by atoms with Crippen LogP contribution in [0.4, 0.5) is 0 Å². The Bertz CT molecular complexity index is 97.4. The highest BCUT2D eigenvalue weighted by Gasteiger charge is 2.15. The predicted octanol–water partition coefficient (Wildman–Crippen LogP) is 1.74. The van der Waals surface area contributed by atoms with Gasteiger partial charge in [0.1, 0.15) is 0 Å². The maximum Gasteiger partial charge on any atom is 0.293 e. The second kappa shape index (κ2) is 4.31. The molecule has 0 aromatic carbocycles. The molecule has 2 nitrogen and oxygen atoms in total. The number of hydrogen-bond acceptors (Lipinski definition) is 2. The van der Waals surface area contributed by atoms with E-state index in [1.165, 1.54) is 25.7 Å². The molecule has 0 aromatic rings. The molecular weight excluding hydrogens is 128 g/mol. The Hall–Kier alpha value is -0.530. The van der Waals surface area contributed by atoms with Crippen molar-refractivity contribution in [2.24, 2.45) is 5.92 Å². The van der Waals surface area contributed by atoms with E-state index < -0.39 is 0 Å². The van der Waals surface area contributed by atoms with Gasteiger partial charge in [-0.25, -0.2) is 0 Å². The normalized spacial score (nSPS) is 18.0. The van der Waals surface area contributed by atoms with Crippen LogP contribution < -0.4 is 0 Å². The maximum absolute atomic E-state index is 9.71. The Morgan fingerprint density at radius 2 is 2.30 bits per heavy atom. The smallest absolute Gasteiger partial charge is 0.293 e. The number of hydrogen-bond donors (Lipinski definition) is 0. The predicted molar refractivity (Wildman–Crippen MR) is 38.6 cm³/mol. The van der Waals surface area contributed by atoms with Gasteiger partial charge >= 0.3 is 0 Å². The highest BCUT2D eigenvalue weighted by atomic mass is 16.5. The molecule has 0 atom stereocenters. The fourth-order valence-corrected chi connectivity index (χ4v) is 1.28. The Morgan fingerprint density at radius 3 is 2.80 bits per heavy atom. The Balaban J connectivity index is 1.80. The zero-order valence-corrected chi connectivity index (χ0v) is 6.21. The van der Waals surface area contributed by atoms with Crippen LogP contribution in [0.25, 0.3) is 0 Å².